The van der Waals surface area contributed by atoms with Crippen molar-refractivity contribution >= 4 is 40.3 Å². The fourth-order valence-electron chi connectivity index (χ4n) is 4.29. The Kier molecular flexibility index (Phi) is 3.59. The summed E-state index contributed by atoms with van der Waals surface area (Å²) >= 11 is 13.5. The second-order valence-electron chi connectivity index (χ2n) is 6.78. The van der Waals surface area contributed by atoms with Gasteiger partial charge in [0.05, 0.1) is 9.90 Å². The van der Waals surface area contributed by atoms with Crippen LogP contribution in [-0.4, -0.2) is 10.9 Å². The largest absolute Gasteiger partial charge is 0.411 e. The van der Waals surface area contributed by atoms with Gasteiger partial charge in [0.25, 0.3) is 0 Å². The summed E-state index contributed by atoms with van der Waals surface area (Å²) in [7, 11) is 0. The summed E-state index contributed by atoms with van der Waals surface area (Å²) in [5.74, 6) is 2.29. The molecule has 1 unspecified atom stereocenters. The molecular weight excluding hydrogens is 313 g/mol. The van der Waals surface area contributed by atoms with Crippen LogP contribution in [0.15, 0.2) is 11.2 Å². The lowest BCUT2D eigenvalue weighted by Gasteiger charge is -2.62. The van der Waals surface area contributed by atoms with Crippen molar-refractivity contribution in [3.05, 3.63) is 20.3 Å². The summed E-state index contributed by atoms with van der Waals surface area (Å²) < 4.78 is 0.566. The zero-order valence-corrected chi connectivity index (χ0v) is 14.2. The highest BCUT2D eigenvalue weighted by Gasteiger charge is 2.57. The standard InChI is InChI=1S/C15H19Cl2NOS/c1-7-9(4-8-5-10(7)15(8,2)3)13(18-19)12-6-11(16)14(17)20-12/h6-10,19H,4-5H2,1-3H3/b18-13-/t7?,8-,9-,10-/m1/s1. The average molecular weight is 332 g/mol. The average Bonchev–Trinajstić information content (AvgIpc) is 2.71. The lowest BCUT2D eigenvalue weighted by atomic mass is 9.43. The number of thiophene rings is 1. The molecule has 0 aliphatic heterocycles. The van der Waals surface area contributed by atoms with Crippen LogP contribution in [0.4, 0.5) is 0 Å². The summed E-state index contributed by atoms with van der Waals surface area (Å²) in [5.41, 5.74) is 1.20. The van der Waals surface area contributed by atoms with Crippen molar-refractivity contribution in [3.63, 3.8) is 0 Å². The molecular formula is C15H19Cl2NOS. The third-order valence-corrected chi connectivity index (χ3v) is 7.60. The molecule has 4 atom stereocenters. The molecule has 3 saturated carbocycles. The highest BCUT2D eigenvalue weighted by molar-refractivity contribution is 7.18. The van der Waals surface area contributed by atoms with Gasteiger partial charge in [0.1, 0.15) is 10.0 Å². The Bertz CT molecular complexity index is 547. The molecule has 0 amide bonds. The van der Waals surface area contributed by atoms with E-state index in [1.54, 1.807) is 0 Å². The lowest BCUT2D eigenvalue weighted by molar-refractivity contribution is -0.114. The van der Waals surface area contributed by atoms with Crippen LogP contribution in [0.3, 0.4) is 0 Å². The first-order valence-electron chi connectivity index (χ1n) is 7.03. The van der Waals surface area contributed by atoms with Gasteiger partial charge in [0.15, 0.2) is 0 Å². The number of hydrogen-bond acceptors (Lipinski definition) is 3. The normalized spacial score (nSPS) is 35.8. The van der Waals surface area contributed by atoms with Crippen LogP contribution in [0.2, 0.25) is 9.36 Å². The van der Waals surface area contributed by atoms with Crippen LogP contribution < -0.4 is 0 Å². The van der Waals surface area contributed by atoms with E-state index in [-0.39, 0.29) is 0 Å². The predicted octanol–water partition coefficient (Wildman–Crippen LogP) is 5.55. The van der Waals surface area contributed by atoms with E-state index in [0.29, 0.717) is 32.5 Å². The van der Waals surface area contributed by atoms with Crippen molar-refractivity contribution < 1.29 is 5.21 Å². The van der Waals surface area contributed by atoms with Gasteiger partial charge >= 0.3 is 0 Å². The highest BCUT2D eigenvalue weighted by Crippen LogP contribution is 2.63. The number of nitrogens with zero attached hydrogens (tertiary/aromatic N) is 1. The van der Waals surface area contributed by atoms with Gasteiger partial charge in [-0.1, -0.05) is 49.1 Å². The van der Waals surface area contributed by atoms with E-state index in [9.17, 15) is 5.21 Å². The van der Waals surface area contributed by atoms with Crippen LogP contribution in [0.1, 0.15) is 38.5 Å². The van der Waals surface area contributed by atoms with Gasteiger partial charge in [-0.2, -0.15) is 0 Å². The van der Waals surface area contributed by atoms with Gasteiger partial charge in [-0.15, -0.1) is 11.3 Å². The number of hydrogen-bond donors (Lipinski definition) is 1. The van der Waals surface area contributed by atoms with E-state index in [2.05, 4.69) is 25.9 Å². The minimum Gasteiger partial charge on any atom is -0.411 e. The van der Waals surface area contributed by atoms with Gasteiger partial charge in [0.2, 0.25) is 0 Å². The molecule has 0 radical (unpaired) electrons. The van der Waals surface area contributed by atoms with E-state index in [1.807, 2.05) is 6.07 Å². The maximum atomic E-state index is 9.49. The van der Waals surface area contributed by atoms with E-state index in [1.165, 1.54) is 17.8 Å². The summed E-state index contributed by atoms with van der Waals surface area (Å²) in [6.07, 6.45) is 2.41. The van der Waals surface area contributed by atoms with Crippen LogP contribution in [0.25, 0.3) is 0 Å². The Hall–Kier alpha value is -0.250. The first-order valence-corrected chi connectivity index (χ1v) is 8.60. The lowest BCUT2D eigenvalue weighted by Crippen LogP contribution is -2.56. The zero-order valence-electron chi connectivity index (χ0n) is 11.9. The molecule has 1 aromatic rings. The maximum Gasteiger partial charge on any atom is 0.112 e. The zero-order chi connectivity index (χ0) is 14.7. The van der Waals surface area contributed by atoms with Gasteiger partial charge in [-0.3, -0.25) is 0 Å². The molecule has 3 aliphatic rings. The van der Waals surface area contributed by atoms with E-state index >= 15 is 0 Å². The minimum absolute atomic E-state index is 0.308. The Balaban J connectivity index is 1.89. The molecule has 20 heavy (non-hydrogen) atoms. The van der Waals surface area contributed by atoms with E-state index in [0.717, 1.165) is 22.9 Å². The molecule has 1 aromatic heterocycles. The van der Waals surface area contributed by atoms with Crippen LogP contribution in [-0.2, 0) is 0 Å². The van der Waals surface area contributed by atoms with E-state index in [4.69, 9.17) is 23.2 Å². The van der Waals surface area contributed by atoms with E-state index < -0.39 is 0 Å². The number of oxime groups is 1. The highest BCUT2D eigenvalue weighted by atomic mass is 35.5. The van der Waals surface area contributed by atoms with Gasteiger partial charge in [-0.25, -0.2) is 0 Å². The third kappa shape index (κ3) is 2.01. The van der Waals surface area contributed by atoms with Crippen LogP contribution in [0, 0.1) is 29.1 Å². The van der Waals surface area contributed by atoms with Crippen molar-refractivity contribution in [2.45, 2.75) is 33.6 Å². The third-order valence-electron chi connectivity index (χ3n) is 5.71. The minimum atomic E-state index is 0.308. The molecule has 2 nitrogen and oxygen atoms in total. The molecule has 4 rings (SSSR count). The quantitative estimate of drug-likeness (QED) is 0.430. The summed E-state index contributed by atoms with van der Waals surface area (Å²) in [6.45, 7) is 7.02. The molecule has 110 valence electrons. The summed E-state index contributed by atoms with van der Waals surface area (Å²) in [5, 5.41) is 13.6. The van der Waals surface area contributed by atoms with Crippen molar-refractivity contribution in [1.29, 1.82) is 0 Å². The molecule has 0 aromatic carbocycles. The molecule has 2 bridgehead atoms. The van der Waals surface area contributed by atoms with Gasteiger partial charge in [0, 0.05) is 5.92 Å². The van der Waals surface area contributed by atoms with Crippen LogP contribution >= 0.6 is 34.5 Å². The smallest absolute Gasteiger partial charge is 0.112 e. The molecule has 1 heterocycles. The van der Waals surface area contributed by atoms with Gasteiger partial charge < -0.3 is 5.21 Å². The summed E-state index contributed by atoms with van der Waals surface area (Å²) in [6, 6.07) is 1.82. The number of rotatable bonds is 2. The second-order valence-corrected chi connectivity index (χ2v) is 8.84. The Morgan fingerprint density at radius 1 is 1.40 bits per heavy atom. The Morgan fingerprint density at radius 3 is 2.55 bits per heavy atom. The first kappa shape index (κ1) is 14.7. The molecule has 3 fully saturated rings. The molecule has 5 heteroatoms. The number of halogens is 2. The maximum absolute atomic E-state index is 9.49. The number of fused-ring (bicyclic) bond motifs is 2. The second kappa shape index (κ2) is 4.89. The van der Waals surface area contributed by atoms with Crippen LogP contribution in [0.5, 0.6) is 0 Å². The fourth-order valence-corrected chi connectivity index (χ4v) is 5.71. The Morgan fingerprint density at radius 2 is 2.10 bits per heavy atom. The Labute approximate surface area is 133 Å². The monoisotopic (exact) mass is 331 g/mol. The topological polar surface area (TPSA) is 32.6 Å². The van der Waals surface area contributed by atoms with Crippen molar-refractivity contribution in [3.8, 4) is 0 Å². The molecule has 0 spiro atoms. The summed E-state index contributed by atoms with van der Waals surface area (Å²) in [4.78, 5) is 0.901. The van der Waals surface area contributed by atoms with Gasteiger partial charge in [-0.05, 0) is 42.1 Å². The molecule has 3 aliphatic carbocycles. The first-order chi connectivity index (χ1) is 9.36. The molecule has 1 N–H and O–H groups in total. The van der Waals surface area contributed by atoms with Crippen molar-refractivity contribution in [2.75, 3.05) is 0 Å². The van der Waals surface area contributed by atoms with Crippen molar-refractivity contribution in [2.24, 2.45) is 34.2 Å². The van der Waals surface area contributed by atoms with Crippen molar-refractivity contribution in [1.82, 2.24) is 0 Å². The predicted molar refractivity (Wildman–Crippen MR) is 85.3 cm³/mol. The molecule has 0 saturated heterocycles. The SMILES string of the molecule is CC1[C@H]2C[C@@H](C[C@H]1/C(=N/O)c1cc(Cl)c(Cl)s1)C2(C)C. The fraction of sp³-hybridized carbons (Fsp3) is 0.667.